The zero-order valence-electron chi connectivity index (χ0n) is 12.0. The Morgan fingerprint density at radius 2 is 2.10 bits per heavy atom. The molecule has 0 radical (unpaired) electrons. The van der Waals surface area contributed by atoms with E-state index in [0.29, 0.717) is 24.5 Å². The number of nitrogens with one attached hydrogen (secondary N) is 1. The van der Waals surface area contributed by atoms with Gasteiger partial charge in [-0.1, -0.05) is 6.07 Å². The smallest absolute Gasteiger partial charge is 0.133 e. The molecular formula is C15H22F2N2O. The average Bonchev–Trinajstić information content (AvgIpc) is 2.39. The van der Waals surface area contributed by atoms with Gasteiger partial charge in [-0.05, 0) is 50.7 Å². The molecule has 1 unspecified atom stereocenters. The highest BCUT2D eigenvalue weighted by Gasteiger charge is 2.33. The Labute approximate surface area is 118 Å². The van der Waals surface area contributed by atoms with E-state index in [1.165, 1.54) is 12.1 Å². The lowest BCUT2D eigenvalue weighted by Gasteiger charge is -2.37. The van der Waals surface area contributed by atoms with Crippen molar-refractivity contribution in [3.05, 3.63) is 34.9 Å². The average molecular weight is 284 g/mol. The van der Waals surface area contributed by atoms with Gasteiger partial charge in [-0.15, -0.1) is 0 Å². The Morgan fingerprint density at radius 1 is 1.40 bits per heavy atom. The van der Waals surface area contributed by atoms with Crippen LogP contribution in [0.2, 0.25) is 0 Å². The molecule has 1 aliphatic rings. The van der Waals surface area contributed by atoms with Crippen molar-refractivity contribution in [2.75, 3.05) is 6.61 Å². The molecule has 1 saturated carbocycles. The van der Waals surface area contributed by atoms with Gasteiger partial charge in [-0.2, -0.15) is 0 Å². The molecule has 0 bridgehead atoms. The van der Waals surface area contributed by atoms with E-state index in [1.54, 1.807) is 6.92 Å². The topological polar surface area (TPSA) is 47.3 Å². The highest BCUT2D eigenvalue weighted by molar-refractivity contribution is 5.29. The van der Waals surface area contributed by atoms with E-state index in [4.69, 9.17) is 10.6 Å². The lowest BCUT2D eigenvalue weighted by molar-refractivity contribution is -0.0293. The molecular weight excluding hydrogens is 262 g/mol. The maximum atomic E-state index is 14.1. The van der Waals surface area contributed by atoms with E-state index < -0.39 is 17.7 Å². The van der Waals surface area contributed by atoms with Crippen LogP contribution in [0.1, 0.15) is 43.4 Å². The van der Waals surface area contributed by atoms with Crippen LogP contribution in [0, 0.1) is 24.5 Å². The van der Waals surface area contributed by atoms with Crippen molar-refractivity contribution in [3.8, 4) is 0 Å². The van der Waals surface area contributed by atoms with Gasteiger partial charge in [0.25, 0.3) is 0 Å². The molecule has 0 spiro atoms. The van der Waals surface area contributed by atoms with Gasteiger partial charge in [0.1, 0.15) is 11.6 Å². The predicted octanol–water partition coefficient (Wildman–Crippen LogP) is 2.98. The number of rotatable bonds is 6. The fraction of sp³-hybridized carbons (Fsp3) is 0.600. The summed E-state index contributed by atoms with van der Waals surface area (Å²) in [6.07, 6.45) is 2.77. The summed E-state index contributed by atoms with van der Waals surface area (Å²) in [6.45, 7) is 4.30. The van der Waals surface area contributed by atoms with E-state index in [-0.39, 0.29) is 11.7 Å². The van der Waals surface area contributed by atoms with Crippen LogP contribution in [-0.2, 0) is 4.74 Å². The van der Waals surface area contributed by atoms with Crippen LogP contribution >= 0.6 is 0 Å². The summed E-state index contributed by atoms with van der Waals surface area (Å²) in [6, 6.07) is 2.24. The van der Waals surface area contributed by atoms with E-state index in [0.717, 1.165) is 12.8 Å². The summed E-state index contributed by atoms with van der Waals surface area (Å²) >= 11 is 0. The van der Waals surface area contributed by atoms with Gasteiger partial charge < -0.3 is 4.74 Å². The molecule has 5 heteroatoms. The van der Waals surface area contributed by atoms with E-state index in [9.17, 15) is 8.78 Å². The highest BCUT2D eigenvalue weighted by atomic mass is 19.1. The van der Waals surface area contributed by atoms with E-state index in [1.807, 2.05) is 6.92 Å². The van der Waals surface area contributed by atoms with Crippen LogP contribution in [0.25, 0.3) is 0 Å². The molecule has 112 valence electrons. The molecule has 3 nitrogen and oxygen atoms in total. The van der Waals surface area contributed by atoms with Gasteiger partial charge in [-0.3, -0.25) is 11.3 Å². The molecule has 1 atom stereocenters. The van der Waals surface area contributed by atoms with Crippen LogP contribution in [0.4, 0.5) is 8.78 Å². The zero-order chi connectivity index (χ0) is 14.7. The summed E-state index contributed by atoms with van der Waals surface area (Å²) in [5, 5.41) is 0. The maximum absolute atomic E-state index is 14.1. The van der Waals surface area contributed by atoms with E-state index in [2.05, 4.69) is 5.43 Å². The third-order valence-corrected chi connectivity index (χ3v) is 4.03. The minimum absolute atomic E-state index is 0.0485. The molecule has 20 heavy (non-hydrogen) atoms. The van der Waals surface area contributed by atoms with Gasteiger partial charge in [-0.25, -0.2) is 8.78 Å². The first-order valence-electron chi connectivity index (χ1n) is 7.09. The normalized spacial score (nSPS) is 23.4. The van der Waals surface area contributed by atoms with Crippen LogP contribution < -0.4 is 11.3 Å². The summed E-state index contributed by atoms with van der Waals surface area (Å²) in [5.74, 6) is 4.84. The lowest BCUT2D eigenvalue weighted by Crippen LogP contribution is -2.37. The lowest BCUT2D eigenvalue weighted by atomic mass is 9.77. The second-order valence-corrected chi connectivity index (χ2v) is 5.46. The van der Waals surface area contributed by atoms with Gasteiger partial charge in [0.15, 0.2) is 0 Å². The molecule has 0 aliphatic heterocycles. The number of nitrogens with two attached hydrogens (primary N) is 1. The van der Waals surface area contributed by atoms with Crippen molar-refractivity contribution in [1.82, 2.24) is 5.43 Å². The quantitative estimate of drug-likeness (QED) is 0.623. The van der Waals surface area contributed by atoms with Crippen molar-refractivity contribution in [3.63, 3.8) is 0 Å². The van der Waals surface area contributed by atoms with Crippen molar-refractivity contribution in [2.24, 2.45) is 11.8 Å². The Kier molecular flexibility index (Phi) is 5.07. The van der Waals surface area contributed by atoms with Crippen LogP contribution in [0.5, 0.6) is 0 Å². The Hall–Kier alpha value is -1.04. The molecule has 1 aliphatic carbocycles. The Morgan fingerprint density at radius 3 is 2.70 bits per heavy atom. The Balaban J connectivity index is 2.05. The minimum Gasteiger partial charge on any atom is -0.378 e. The molecule has 0 heterocycles. The fourth-order valence-corrected chi connectivity index (χ4v) is 2.84. The molecule has 1 aromatic rings. The number of halogens is 2. The molecule has 1 fully saturated rings. The second kappa shape index (κ2) is 6.61. The molecule has 3 N–H and O–H groups in total. The summed E-state index contributed by atoms with van der Waals surface area (Å²) in [7, 11) is 0. The largest absolute Gasteiger partial charge is 0.378 e. The highest BCUT2D eigenvalue weighted by Crippen LogP contribution is 2.38. The van der Waals surface area contributed by atoms with Crippen LogP contribution in [-0.4, -0.2) is 12.7 Å². The third kappa shape index (κ3) is 3.16. The predicted molar refractivity (Wildman–Crippen MR) is 73.9 cm³/mol. The molecule has 0 amide bonds. The summed E-state index contributed by atoms with van der Waals surface area (Å²) < 4.78 is 33.5. The monoisotopic (exact) mass is 284 g/mol. The zero-order valence-corrected chi connectivity index (χ0v) is 12.0. The van der Waals surface area contributed by atoms with Crippen molar-refractivity contribution in [1.29, 1.82) is 0 Å². The second-order valence-electron chi connectivity index (χ2n) is 5.46. The number of hydrogen-bond acceptors (Lipinski definition) is 3. The third-order valence-electron chi connectivity index (χ3n) is 4.03. The first-order chi connectivity index (χ1) is 9.56. The maximum Gasteiger partial charge on any atom is 0.133 e. The SMILES string of the molecule is CCOC1CC(CC(NN)c2c(F)ccc(C)c2F)C1. The van der Waals surface area contributed by atoms with Crippen LogP contribution in [0.15, 0.2) is 12.1 Å². The Bertz CT molecular complexity index is 461. The molecule has 0 saturated heterocycles. The summed E-state index contributed by atoms with van der Waals surface area (Å²) in [5.41, 5.74) is 3.03. The van der Waals surface area contributed by atoms with Gasteiger partial charge in [0.2, 0.25) is 0 Å². The molecule has 2 rings (SSSR count). The number of aryl methyl sites for hydroxylation is 1. The number of benzene rings is 1. The molecule has 0 aromatic heterocycles. The van der Waals surface area contributed by atoms with Crippen molar-refractivity contribution in [2.45, 2.75) is 45.3 Å². The first kappa shape index (κ1) is 15.4. The number of ether oxygens (including phenoxy) is 1. The van der Waals surface area contributed by atoms with Gasteiger partial charge >= 0.3 is 0 Å². The fourth-order valence-electron chi connectivity index (χ4n) is 2.84. The first-order valence-corrected chi connectivity index (χ1v) is 7.09. The summed E-state index contributed by atoms with van der Waals surface area (Å²) in [4.78, 5) is 0. The van der Waals surface area contributed by atoms with Crippen LogP contribution in [0.3, 0.4) is 0 Å². The van der Waals surface area contributed by atoms with E-state index >= 15 is 0 Å². The number of hydrazine groups is 1. The minimum atomic E-state index is -0.545. The number of hydrogen-bond donors (Lipinski definition) is 2. The van der Waals surface area contributed by atoms with Crippen molar-refractivity contribution < 1.29 is 13.5 Å². The standard InChI is InChI=1S/C15H22F2N2O/c1-3-20-11-6-10(7-11)8-13(19-18)14-12(16)5-4-9(2)15(14)17/h4-5,10-11,13,19H,3,6-8,18H2,1-2H3. The van der Waals surface area contributed by atoms with Crippen molar-refractivity contribution >= 4 is 0 Å². The van der Waals surface area contributed by atoms with Gasteiger partial charge in [0, 0.05) is 12.2 Å². The van der Waals surface area contributed by atoms with Gasteiger partial charge in [0.05, 0.1) is 12.1 Å². The molecule has 1 aromatic carbocycles.